The molecule has 0 amide bonds. The van der Waals surface area contributed by atoms with Gasteiger partial charge in [0.15, 0.2) is 5.58 Å². The molecule has 0 fully saturated rings. The Morgan fingerprint density at radius 1 is 1.29 bits per heavy atom. The average Bonchev–Trinajstić information content (AvgIpc) is 2.65. The quantitative estimate of drug-likeness (QED) is 0.751. The molecule has 1 aromatic heterocycles. The van der Waals surface area contributed by atoms with Crippen LogP contribution in [0.4, 0.5) is 0 Å². The van der Waals surface area contributed by atoms with Gasteiger partial charge < -0.3 is 10.3 Å². The Labute approximate surface area is 82.9 Å². The van der Waals surface area contributed by atoms with E-state index in [0.717, 1.165) is 36.8 Å². The predicted molar refractivity (Wildman–Crippen MR) is 56.0 cm³/mol. The Balaban J connectivity index is 2.10. The van der Waals surface area contributed by atoms with Crippen LogP contribution in [0.25, 0.3) is 11.0 Å². The van der Waals surface area contributed by atoms with Crippen LogP contribution in [0.5, 0.6) is 0 Å². The molecule has 0 saturated carbocycles. The molecule has 0 bridgehead atoms. The molecular weight excluding hydrogens is 176 g/mol. The third kappa shape index (κ3) is 1.93. The Bertz CT molecular complexity index is 408. The topological polar surface area (TPSA) is 52.0 Å². The molecule has 0 spiro atoms. The Morgan fingerprint density at radius 2 is 2.21 bits per heavy atom. The minimum atomic E-state index is 0.768. The van der Waals surface area contributed by atoms with Gasteiger partial charge in [0, 0.05) is 5.39 Å². The van der Waals surface area contributed by atoms with Gasteiger partial charge in [0.25, 0.3) is 0 Å². The lowest BCUT2D eigenvalue weighted by molar-refractivity contribution is 0.456. The van der Waals surface area contributed by atoms with E-state index in [4.69, 9.17) is 10.3 Å². The molecule has 3 nitrogen and oxygen atoms in total. The summed E-state index contributed by atoms with van der Waals surface area (Å²) in [5.41, 5.74) is 7.60. The van der Waals surface area contributed by atoms with Gasteiger partial charge in [0.05, 0.1) is 6.20 Å². The molecule has 74 valence electrons. The lowest BCUT2D eigenvalue weighted by Crippen LogP contribution is -1.98. The van der Waals surface area contributed by atoms with Crippen LogP contribution in [-0.2, 0) is 6.42 Å². The first kappa shape index (κ1) is 9.21. The fourth-order valence-corrected chi connectivity index (χ4v) is 1.53. The minimum absolute atomic E-state index is 0.768. The average molecular weight is 190 g/mol. The summed E-state index contributed by atoms with van der Waals surface area (Å²) in [5, 5.41) is 4.81. The van der Waals surface area contributed by atoms with Gasteiger partial charge in [0.2, 0.25) is 0 Å². The lowest BCUT2D eigenvalue weighted by Gasteiger charge is -1.99. The third-order valence-electron chi connectivity index (χ3n) is 2.34. The number of rotatable bonds is 4. The number of fused-ring (bicyclic) bond motifs is 1. The summed E-state index contributed by atoms with van der Waals surface area (Å²) in [7, 11) is 0. The standard InChI is InChI=1S/C11H14N2O/c12-6-2-1-3-9-4-5-10-8-13-14-11(10)7-9/h4-5,7-8H,1-3,6,12H2. The highest BCUT2D eigenvalue weighted by molar-refractivity contribution is 5.76. The van der Waals surface area contributed by atoms with Crippen LogP contribution in [0.1, 0.15) is 18.4 Å². The summed E-state index contributed by atoms with van der Waals surface area (Å²) in [6, 6.07) is 6.22. The molecule has 1 heterocycles. The molecule has 2 rings (SSSR count). The second-order valence-corrected chi connectivity index (χ2v) is 3.44. The van der Waals surface area contributed by atoms with Gasteiger partial charge >= 0.3 is 0 Å². The maximum absolute atomic E-state index is 5.44. The highest BCUT2D eigenvalue weighted by Crippen LogP contribution is 2.16. The maximum Gasteiger partial charge on any atom is 0.167 e. The first-order valence-electron chi connectivity index (χ1n) is 4.93. The normalized spacial score (nSPS) is 10.9. The van der Waals surface area contributed by atoms with Crippen molar-refractivity contribution in [2.45, 2.75) is 19.3 Å². The van der Waals surface area contributed by atoms with Crippen molar-refractivity contribution >= 4 is 11.0 Å². The number of hydrogen-bond donors (Lipinski definition) is 1. The van der Waals surface area contributed by atoms with E-state index in [1.54, 1.807) is 6.20 Å². The zero-order valence-corrected chi connectivity index (χ0v) is 8.07. The van der Waals surface area contributed by atoms with Crippen molar-refractivity contribution in [1.82, 2.24) is 5.16 Å². The number of nitrogens with two attached hydrogens (primary N) is 1. The first-order valence-corrected chi connectivity index (χ1v) is 4.93. The van der Waals surface area contributed by atoms with Gasteiger partial charge in [0.1, 0.15) is 0 Å². The molecule has 0 aliphatic rings. The molecule has 2 aromatic rings. The van der Waals surface area contributed by atoms with Crippen molar-refractivity contribution in [2.24, 2.45) is 5.73 Å². The summed E-state index contributed by atoms with van der Waals surface area (Å²) in [4.78, 5) is 0. The highest BCUT2D eigenvalue weighted by atomic mass is 16.5. The van der Waals surface area contributed by atoms with Crippen LogP contribution >= 0.6 is 0 Å². The largest absolute Gasteiger partial charge is 0.356 e. The van der Waals surface area contributed by atoms with E-state index in [1.165, 1.54) is 5.56 Å². The van der Waals surface area contributed by atoms with E-state index < -0.39 is 0 Å². The molecule has 0 saturated heterocycles. The van der Waals surface area contributed by atoms with E-state index in [0.29, 0.717) is 0 Å². The smallest absolute Gasteiger partial charge is 0.167 e. The van der Waals surface area contributed by atoms with E-state index in [2.05, 4.69) is 17.3 Å². The number of aryl methyl sites for hydroxylation is 1. The molecule has 1 aromatic carbocycles. The Hall–Kier alpha value is -1.35. The summed E-state index contributed by atoms with van der Waals surface area (Å²) >= 11 is 0. The van der Waals surface area contributed by atoms with E-state index in [9.17, 15) is 0 Å². The first-order chi connectivity index (χ1) is 6.90. The number of aromatic nitrogens is 1. The second kappa shape index (κ2) is 4.24. The molecule has 0 atom stereocenters. The Kier molecular flexibility index (Phi) is 2.79. The second-order valence-electron chi connectivity index (χ2n) is 3.44. The van der Waals surface area contributed by atoms with E-state index >= 15 is 0 Å². The molecule has 14 heavy (non-hydrogen) atoms. The van der Waals surface area contributed by atoms with Crippen molar-refractivity contribution in [3.05, 3.63) is 30.0 Å². The molecule has 0 aliphatic heterocycles. The fourth-order valence-electron chi connectivity index (χ4n) is 1.53. The van der Waals surface area contributed by atoms with Crippen LogP contribution < -0.4 is 5.73 Å². The Morgan fingerprint density at radius 3 is 3.07 bits per heavy atom. The molecule has 3 heteroatoms. The van der Waals surface area contributed by atoms with Gasteiger partial charge in [-0.15, -0.1) is 0 Å². The maximum atomic E-state index is 5.44. The summed E-state index contributed by atoms with van der Waals surface area (Å²) in [6.45, 7) is 0.768. The SMILES string of the molecule is NCCCCc1ccc2cnoc2c1. The van der Waals surface area contributed by atoms with E-state index in [1.807, 2.05) is 6.07 Å². The number of benzene rings is 1. The zero-order valence-electron chi connectivity index (χ0n) is 8.07. The van der Waals surface area contributed by atoms with Crippen LogP contribution in [0.3, 0.4) is 0 Å². The van der Waals surface area contributed by atoms with Crippen molar-refractivity contribution in [2.75, 3.05) is 6.54 Å². The van der Waals surface area contributed by atoms with Crippen LogP contribution in [0, 0.1) is 0 Å². The number of nitrogens with zero attached hydrogens (tertiary/aromatic N) is 1. The number of unbranched alkanes of at least 4 members (excludes halogenated alkanes) is 1. The fraction of sp³-hybridized carbons (Fsp3) is 0.364. The van der Waals surface area contributed by atoms with Gasteiger partial charge in [-0.25, -0.2) is 0 Å². The zero-order chi connectivity index (χ0) is 9.80. The molecule has 0 unspecified atom stereocenters. The molecule has 0 radical (unpaired) electrons. The number of hydrogen-bond acceptors (Lipinski definition) is 3. The summed E-state index contributed by atoms with van der Waals surface area (Å²) in [5.74, 6) is 0. The van der Waals surface area contributed by atoms with Crippen LogP contribution in [-0.4, -0.2) is 11.7 Å². The van der Waals surface area contributed by atoms with Crippen LogP contribution in [0.15, 0.2) is 28.9 Å². The van der Waals surface area contributed by atoms with Crippen molar-refractivity contribution in [3.8, 4) is 0 Å². The molecule has 2 N–H and O–H groups in total. The molecule has 0 aliphatic carbocycles. The summed E-state index contributed by atoms with van der Waals surface area (Å²) < 4.78 is 5.09. The van der Waals surface area contributed by atoms with Gasteiger partial charge in [-0.2, -0.15) is 0 Å². The predicted octanol–water partition coefficient (Wildman–Crippen LogP) is 2.11. The third-order valence-corrected chi connectivity index (χ3v) is 2.34. The van der Waals surface area contributed by atoms with Crippen molar-refractivity contribution < 1.29 is 4.52 Å². The van der Waals surface area contributed by atoms with Gasteiger partial charge in [-0.1, -0.05) is 11.2 Å². The highest BCUT2D eigenvalue weighted by Gasteiger charge is 1.99. The van der Waals surface area contributed by atoms with E-state index in [-0.39, 0.29) is 0 Å². The van der Waals surface area contributed by atoms with Crippen molar-refractivity contribution in [1.29, 1.82) is 0 Å². The van der Waals surface area contributed by atoms with Gasteiger partial charge in [-0.3, -0.25) is 0 Å². The van der Waals surface area contributed by atoms with Gasteiger partial charge in [-0.05, 0) is 43.5 Å². The minimum Gasteiger partial charge on any atom is -0.356 e. The lowest BCUT2D eigenvalue weighted by atomic mass is 10.1. The van der Waals surface area contributed by atoms with Crippen molar-refractivity contribution in [3.63, 3.8) is 0 Å². The molecular formula is C11H14N2O. The summed E-state index contributed by atoms with van der Waals surface area (Å²) in [6.07, 6.45) is 5.01. The van der Waals surface area contributed by atoms with Crippen LogP contribution in [0.2, 0.25) is 0 Å². The monoisotopic (exact) mass is 190 g/mol.